The van der Waals surface area contributed by atoms with Crippen LogP contribution >= 0.6 is 0 Å². The Morgan fingerprint density at radius 2 is 1.92 bits per heavy atom. The fourth-order valence-electron chi connectivity index (χ4n) is 3.49. The maximum absolute atomic E-state index is 12.3. The zero-order valence-corrected chi connectivity index (χ0v) is 15.3. The zero-order chi connectivity index (χ0) is 17.6. The van der Waals surface area contributed by atoms with Crippen LogP contribution in [0.3, 0.4) is 0 Å². The van der Waals surface area contributed by atoms with Gasteiger partial charge in [-0.25, -0.2) is 0 Å². The van der Waals surface area contributed by atoms with E-state index in [1.54, 1.807) is 0 Å². The highest BCUT2D eigenvalue weighted by atomic mass is 16.3. The number of carbonyl (C=O) groups is 1. The topological polar surface area (TPSA) is 55.8 Å². The summed E-state index contributed by atoms with van der Waals surface area (Å²) in [6.45, 7) is 4.51. The van der Waals surface area contributed by atoms with E-state index in [-0.39, 0.29) is 5.91 Å². The molecule has 0 unspecified atom stereocenters. The number of anilines is 1. The Balaban J connectivity index is 1.51. The average molecular weight is 345 g/mol. The van der Waals surface area contributed by atoms with E-state index in [1.165, 1.54) is 18.4 Å². The van der Waals surface area contributed by atoms with Crippen LogP contribution in [-0.4, -0.2) is 60.6 Å². The summed E-state index contributed by atoms with van der Waals surface area (Å²) in [6.07, 6.45) is 4.66. The first-order valence-corrected chi connectivity index (χ1v) is 9.54. The number of nitrogens with zero attached hydrogens (tertiary/aromatic N) is 2. The highest BCUT2D eigenvalue weighted by Crippen LogP contribution is 2.29. The van der Waals surface area contributed by atoms with Crippen LogP contribution < -0.4 is 5.32 Å². The van der Waals surface area contributed by atoms with E-state index in [9.17, 15) is 9.90 Å². The summed E-state index contributed by atoms with van der Waals surface area (Å²) in [5.74, 6) is 1.35. The number of likely N-dealkylation sites (N-methyl/N-ethyl adjacent to an activating group) is 1. The first-order chi connectivity index (χ1) is 12.2. The number of carbonyl (C=O) groups excluding carboxylic acids is 1. The van der Waals surface area contributed by atoms with Gasteiger partial charge in [0.2, 0.25) is 5.91 Å². The van der Waals surface area contributed by atoms with Crippen molar-refractivity contribution >= 4 is 11.6 Å². The third-order valence-electron chi connectivity index (χ3n) is 5.46. The van der Waals surface area contributed by atoms with Gasteiger partial charge in [-0.3, -0.25) is 9.69 Å². The molecule has 5 nitrogen and oxygen atoms in total. The molecule has 25 heavy (non-hydrogen) atoms. The summed E-state index contributed by atoms with van der Waals surface area (Å²) in [5.41, 5.74) is 2.29. The summed E-state index contributed by atoms with van der Waals surface area (Å²) >= 11 is 0. The number of benzene rings is 1. The van der Waals surface area contributed by atoms with Crippen molar-refractivity contribution in [3.8, 4) is 0 Å². The highest BCUT2D eigenvalue weighted by molar-refractivity contribution is 5.80. The van der Waals surface area contributed by atoms with Crippen LogP contribution in [-0.2, 0) is 11.3 Å². The van der Waals surface area contributed by atoms with Crippen molar-refractivity contribution < 1.29 is 9.90 Å². The van der Waals surface area contributed by atoms with E-state index in [0.29, 0.717) is 19.1 Å². The Morgan fingerprint density at radius 3 is 2.60 bits per heavy atom. The minimum atomic E-state index is 0.158. The second-order valence-electron chi connectivity index (χ2n) is 7.63. The van der Waals surface area contributed by atoms with E-state index >= 15 is 0 Å². The Bertz CT molecular complexity index is 566. The minimum Gasteiger partial charge on any atom is -0.396 e. The lowest BCUT2D eigenvalue weighted by Crippen LogP contribution is -2.35. The number of para-hydroxylation sites is 1. The number of rotatable bonds is 8. The molecule has 1 heterocycles. The third-order valence-corrected chi connectivity index (χ3v) is 5.46. The molecule has 2 N–H and O–H groups in total. The second-order valence-corrected chi connectivity index (χ2v) is 7.63. The smallest absolute Gasteiger partial charge is 0.241 e. The number of hydrogen-bond donors (Lipinski definition) is 2. The SMILES string of the molecule is CN(CC1CC1)C(=O)CNc1ccccc1CN1CCC(CO)CC1. The lowest BCUT2D eigenvalue weighted by molar-refractivity contribution is -0.128. The number of aliphatic hydroxyl groups excluding tert-OH is 1. The molecule has 1 aromatic carbocycles. The molecular formula is C20H31N3O2. The Morgan fingerprint density at radius 1 is 1.20 bits per heavy atom. The molecule has 138 valence electrons. The maximum atomic E-state index is 12.3. The number of amides is 1. The number of nitrogens with one attached hydrogen (secondary N) is 1. The Kier molecular flexibility index (Phi) is 6.32. The largest absolute Gasteiger partial charge is 0.396 e. The molecule has 5 heteroatoms. The van der Waals surface area contributed by atoms with Crippen LogP contribution in [0.1, 0.15) is 31.2 Å². The summed E-state index contributed by atoms with van der Waals surface area (Å²) in [6, 6.07) is 8.27. The number of aliphatic hydroxyl groups is 1. The average Bonchev–Trinajstić information content (AvgIpc) is 3.45. The van der Waals surface area contributed by atoms with Crippen LogP contribution in [0.5, 0.6) is 0 Å². The molecule has 2 aliphatic rings. The second kappa shape index (κ2) is 8.68. The fourth-order valence-corrected chi connectivity index (χ4v) is 3.49. The maximum Gasteiger partial charge on any atom is 0.241 e. The van der Waals surface area contributed by atoms with Gasteiger partial charge < -0.3 is 15.3 Å². The van der Waals surface area contributed by atoms with Crippen LogP contribution in [0.2, 0.25) is 0 Å². The number of piperidine rings is 1. The minimum absolute atomic E-state index is 0.158. The van der Waals surface area contributed by atoms with Crippen molar-refractivity contribution in [2.45, 2.75) is 32.2 Å². The molecule has 3 rings (SSSR count). The lowest BCUT2D eigenvalue weighted by atomic mass is 9.97. The lowest BCUT2D eigenvalue weighted by Gasteiger charge is -2.31. The van der Waals surface area contributed by atoms with Crippen molar-refractivity contribution in [1.29, 1.82) is 0 Å². The van der Waals surface area contributed by atoms with E-state index in [0.717, 1.165) is 50.6 Å². The van der Waals surface area contributed by atoms with Crippen molar-refractivity contribution in [2.24, 2.45) is 11.8 Å². The first kappa shape index (κ1) is 18.2. The molecule has 0 bridgehead atoms. The molecule has 1 aliphatic carbocycles. The zero-order valence-electron chi connectivity index (χ0n) is 15.3. The van der Waals surface area contributed by atoms with Crippen molar-refractivity contribution in [3.63, 3.8) is 0 Å². The standard InChI is InChI=1S/C20H31N3O2/c1-22(13-16-6-7-16)20(25)12-21-19-5-3-2-4-18(19)14-23-10-8-17(15-24)9-11-23/h2-5,16-17,21,24H,6-15H2,1H3. The molecule has 0 aromatic heterocycles. The van der Waals surface area contributed by atoms with Gasteiger partial charge in [0.15, 0.2) is 0 Å². The van der Waals surface area contributed by atoms with E-state index in [1.807, 2.05) is 18.0 Å². The summed E-state index contributed by atoms with van der Waals surface area (Å²) in [7, 11) is 1.90. The van der Waals surface area contributed by atoms with Gasteiger partial charge in [-0.15, -0.1) is 0 Å². The molecule has 1 saturated carbocycles. The van der Waals surface area contributed by atoms with Gasteiger partial charge in [0, 0.05) is 32.4 Å². The summed E-state index contributed by atoms with van der Waals surface area (Å²) in [5, 5.41) is 12.6. The molecule has 1 saturated heterocycles. The van der Waals surface area contributed by atoms with Crippen LogP contribution in [0.25, 0.3) is 0 Å². The fraction of sp³-hybridized carbons (Fsp3) is 0.650. The van der Waals surface area contributed by atoms with Crippen LogP contribution in [0, 0.1) is 11.8 Å². The Labute approximate surface area is 151 Å². The van der Waals surface area contributed by atoms with Gasteiger partial charge in [-0.1, -0.05) is 18.2 Å². The number of likely N-dealkylation sites (tertiary alicyclic amines) is 1. The van der Waals surface area contributed by atoms with Crippen molar-refractivity contribution in [1.82, 2.24) is 9.80 Å². The molecule has 1 amide bonds. The van der Waals surface area contributed by atoms with Gasteiger partial charge in [-0.05, 0) is 62.2 Å². The predicted octanol–water partition coefficient (Wildman–Crippen LogP) is 2.17. The van der Waals surface area contributed by atoms with Crippen molar-refractivity contribution in [3.05, 3.63) is 29.8 Å². The monoisotopic (exact) mass is 345 g/mol. The Hall–Kier alpha value is -1.59. The first-order valence-electron chi connectivity index (χ1n) is 9.54. The third kappa shape index (κ3) is 5.44. The molecule has 1 aromatic rings. The van der Waals surface area contributed by atoms with E-state index in [2.05, 4.69) is 28.4 Å². The summed E-state index contributed by atoms with van der Waals surface area (Å²) < 4.78 is 0. The highest BCUT2D eigenvalue weighted by Gasteiger charge is 2.24. The summed E-state index contributed by atoms with van der Waals surface area (Å²) in [4.78, 5) is 16.6. The number of hydrogen-bond acceptors (Lipinski definition) is 4. The van der Waals surface area contributed by atoms with Crippen LogP contribution in [0.4, 0.5) is 5.69 Å². The molecule has 0 radical (unpaired) electrons. The van der Waals surface area contributed by atoms with Crippen molar-refractivity contribution in [2.75, 3.05) is 45.2 Å². The molecular weight excluding hydrogens is 314 g/mol. The van der Waals surface area contributed by atoms with Gasteiger partial charge in [0.1, 0.15) is 0 Å². The van der Waals surface area contributed by atoms with Gasteiger partial charge in [0.05, 0.1) is 6.54 Å². The van der Waals surface area contributed by atoms with Gasteiger partial charge in [-0.2, -0.15) is 0 Å². The molecule has 0 spiro atoms. The van der Waals surface area contributed by atoms with Gasteiger partial charge in [0.25, 0.3) is 0 Å². The van der Waals surface area contributed by atoms with Gasteiger partial charge >= 0.3 is 0 Å². The van der Waals surface area contributed by atoms with E-state index < -0.39 is 0 Å². The molecule has 0 atom stereocenters. The van der Waals surface area contributed by atoms with Crippen LogP contribution in [0.15, 0.2) is 24.3 Å². The molecule has 1 aliphatic heterocycles. The normalized spacial score (nSPS) is 19.0. The quantitative estimate of drug-likeness (QED) is 0.758. The molecule has 2 fully saturated rings. The predicted molar refractivity (Wildman–Crippen MR) is 100 cm³/mol. The van der Waals surface area contributed by atoms with E-state index in [4.69, 9.17) is 0 Å².